The topological polar surface area (TPSA) is 70.7 Å². The van der Waals surface area contributed by atoms with E-state index in [1.165, 1.54) is 4.88 Å². The van der Waals surface area contributed by atoms with E-state index in [0.717, 1.165) is 17.1 Å². The van der Waals surface area contributed by atoms with E-state index >= 15 is 0 Å². The Morgan fingerprint density at radius 3 is 2.94 bits per heavy atom. The average molecular weight is 250 g/mol. The Balaban J connectivity index is 1.93. The minimum absolute atomic E-state index is 0.204. The van der Waals surface area contributed by atoms with Crippen LogP contribution in [0.1, 0.15) is 33.1 Å². The number of hydrogen-bond donors (Lipinski definition) is 2. The highest BCUT2D eigenvalue weighted by molar-refractivity contribution is 7.11. The number of carbonyl (C=O) groups excluding carboxylic acids is 1. The van der Waals surface area contributed by atoms with Gasteiger partial charge in [0, 0.05) is 16.2 Å². The van der Waals surface area contributed by atoms with Crippen molar-refractivity contribution in [1.82, 2.24) is 20.5 Å². The molecule has 0 bridgehead atoms. The van der Waals surface area contributed by atoms with Gasteiger partial charge in [0.25, 0.3) is 5.91 Å². The lowest BCUT2D eigenvalue weighted by atomic mass is 10.4. The number of carbonyl (C=O) groups is 1. The smallest absolute Gasteiger partial charge is 0.291 e. The van der Waals surface area contributed by atoms with Crippen molar-refractivity contribution in [2.75, 3.05) is 0 Å². The summed E-state index contributed by atoms with van der Waals surface area (Å²) in [5, 5.41) is 9.37. The maximum Gasteiger partial charge on any atom is 0.291 e. The lowest BCUT2D eigenvalue weighted by Crippen LogP contribution is -2.23. The van der Waals surface area contributed by atoms with Crippen molar-refractivity contribution in [3.8, 4) is 0 Å². The highest BCUT2D eigenvalue weighted by atomic mass is 32.1. The van der Waals surface area contributed by atoms with Gasteiger partial charge in [0.1, 0.15) is 5.82 Å². The Labute approximate surface area is 103 Å². The fraction of sp³-hybridized carbons (Fsp3) is 0.364. The molecule has 0 fully saturated rings. The first-order chi connectivity index (χ1) is 8.19. The fourth-order valence-corrected chi connectivity index (χ4v) is 2.21. The standard InChI is InChI=1S/C11H14N4OS/c1-3-9-13-10(15-14-9)11(16)12-6-8-5-4-7(2)17-8/h4-5H,3,6H2,1-2H3,(H,12,16)(H,13,14,15). The number of hydrogen-bond acceptors (Lipinski definition) is 4. The van der Waals surface area contributed by atoms with E-state index in [1.54, 1.807) is 11.3 Å². The van der Waals surface area contributed by atoms with E-state index in [4.69, 9.17) is 0 Å². The van der Waals surface area contributed by atoms with E-state index < -0.39 is 0 Å². The molecular formula is C11H14N4OS. The number of nitrogens with one attached hydrogen (secondary N) is 2. The first kappa shape index (κ1) is 11.8. The van der Waals surface area contributed by atoms with Gasteiger partial charge in [-0.25, -0.2) is 4.98 Å². The molecule has 0 unspecified atom stereocenters. The molecule has 5 nitrogen and oxygen atoms in total. The molecule has 2 aromatic rings. The predicted octanol–water partition coefficient (Wildman–Crippen LogP) is 1.67. The molecule has 0 spiro atoms. The van der Waals surface area contributed by atoms with Crippen LogP contribution in [0.15, 0.2) is 12.1 Å². The zero-order valence-corrected chi connectivity index (χ0v) is 10.6. The molecule has 90 valence electrons. The Morgan fingerprint density at radius 2 is 2.35 bits per heavy atom. The number of amides is 1. The van der Waals surface area contributed by atoms with Crippen molar-refractivity contribution in [2.45, 2.75) is 26.8 Å². The molecule has 2 heterocycles. The maximum absolute atomic E-state index is 11.7. The molecule has 17 heavy (non-hydrogen) atoms. The number of aryl methyl sites for hydroxylation is 2. The average Bonchev–Trinajstić information content (AvgIpc) is 2.94. The highest BCUT2D eigenvalue weighted by Gasteiger charge is 2.11. The van der Waals surface area contributed by atoms with Gasteiger partial charge < -0.3 is 5.32 Å². The summed E-state index contributed by atoms with van der Waals surface area (Å²) < 4.78 is 0. The summed E-state index contributed by atoms with van der Waals surface area (Å²) in [6.45, 7) is 4.52. The summed E-state index contributed by atoms with van der Waals surface area (Å²) >= 11 is 1.67. The third kappa shape index (κ3) is 2.91. The molecule has 0 saturated carbocycles. The number of nitrogens with zero attached hydrogens (tertiary/aromatic N) is 2. The number of aromatic amines is 1. The Kier molecular flexibility index (Phi) is 3.53. The van der Waals surface area contributed by atoms with Gasteiger partial charge >= 0.3 is 0 Å². The van der Waals surface area contributed by atoms with Crippen LogP contribution in [-0.2, 0) is 13.0 Å². The molecule has 0 atom stereocenters. The van der Waals surface area contributed by atoms with Crippen LogP contribution in [0.5, 0.6) is 0 Å². The van der Waals surface area contributed by atoms with Crippen molar-refractivity contribution in [3.05, 3.63) is 33.5 Å². The fourth-order valence-electron chi connectivity index (χ4n) is 1.38. The Bertz CT molecular complexity index is 517. The van der Waals surface area contributed by atoms with Gasteiger partial charge in [0.05, 0.1) is 6.54 Å². The number of thiophene rings is 1. The zero-order chi connectivity index (χ0) is 12.3. The van der Waals surface area contributed by atoms with E-state index in [0.29, 0.717) is 6.54 Å². The van der Waals surface area contributed by atoms with Crippen molar-refractivity contribution in [3.63, 3.8) is 0 Å². The summed E-state index contributed by atoms with van der Waals surface area (Å²) in [5.41, 5.74) is 0. The maximum atomic E-state index is 11.7. The third-order valence-electron chi connectivity index (χ3n) is 2.29. The third-order valence-corrected chi connectivity index (χ3v) is 3.29. The molecule has 2 N–H and O–H groups in total. The first-order valence-electron chi connectivity index (χ1n) is 5.44. The second-order valence-corrected chi connectivity index (χ2v) is 5.03. The largest absolute Gasteiger partial charge is 0.344 e. The number of rotatable bonds is 4. The van der Waals surface area contributed by atoms with E-state index in [9.17, 15) is 4.79 Å². The van der Waals surface area contributed by atoms with E-state index in [1.807, 2.05) is 26.0 Å². The van der Waals surface area contributed by atoms with Crippen LogP contribution >= 0.6 is 11.3 Å². The molecule has 0 saturated heterocycles. The molecule has 2 aromatic heterocycles. The first-order valence-corrected chi connectivity index (χ1v) is 6.25. The van der Waals surface area contributed by atoms with Crippen molar-refractivity contribution >= 4 is 17.2 Å². The van der Waals surface area contributed by atoms with Gasteiger partial charge in [-0.15, -0.1) is 16.4 Å². The van der Waals surface area contributed by atoms with Crippen LogP contribution < -0.4 is 5.32 Å². The summed E-state index contributed by atoms with van der Waals surface area (Å²) in [4.78, 5) is 18.1. The quantitative estimate of drug-likeness (QED) is 0.867. The normalized spacial score (nSPS) is 10.5. The molecule has 1 amide bonds. The van der Waals surface area contributed by atoms with Gasteiger partial charge in [0.2, 0.25) is 5.82 Å². The van der Waals surface area contributed by atoms with Crippen molar-refractivity contribution < 1.29 is 4.79 Å². The van der Waals surface area contributed by atoms with Crippen molar-refractivity contribution in [1.29, 1.82) is 0 Å². The minimum Gasteiger partial charge on any atom is -0.344 e. The minimum atomic E-state index is -0.244. The van der Waals surface area contributed by atoms with Gasteiger partial charge in [-0.2, -0.15) is 0 Å². The van der Waals surface area contributed by atoms with Gasteiger partial charge in [0.15, 0.2) is 0 Å². The van der Waals surface area contributed by atoms with Crippen molar-refractivity contribution in [2.24, 2.45) is 0 Å². The van der Waals surface area contributed by atoms with Crippen LogP contribution in [-0.4, -0.2) is 21.1 Å². The number of H-pyrrole nitrogens is 1. The molecule has 2 rings (SSSR count). The molecule has 0 aliphatic heterocycles. The Hall–Kier alpha value is -1.69. The molecule has 0 aliphatic carbocycles. The van der Waals surface area contributed by atoms with Crippen LogP contribution in [0.4, 0.5) is 0 Å². The van der Waals surface area contributed by atoms with Crippen LogP contribution in [0, 0.1) is 6.92 Å². The van der Waals surface area contributed by atoms with Gasteiger partial charge in [-0.3, -0.25) is 9.89 Å². The number of aromatic nitrogens is 3. The van der Waals surface area contributed by atoms with Crippen LogP contribution in [0.2, 0.25) is 0 Å². The molecule has 6 heteroatoms. The van der Waals surface area contributed by atoms with Crippen LogP contribution in [0.25, 0.3) is 0 Å². The molecule has 0 aliphatic rings. The molecular weight excluding hydrogens is 236 g/mol. The lowest BCUT2D eigenvalue weighted by molar-refractivity contribution is 0.0941. The van der Waals surface area contributed by atoms with E-state index in [-0.39, 0.29) is 11.7 Å². The molecule has 0 radical (unpaired) electrons. The summed E-state index contributed by atoms with van der Waals surface area (Å²) in [6.07, 6.45) is 0.740. The SMILES string of the molecule is CCc1nc(C(=O)NCc2ccc(C)s2)n[nH]1. The Morgan fingerprint density at radius 1 is 1.53 bits per heavy atom. The summed E-state index contributed by atoms with van der Waals surface area (Å²) in [5.74, 6) is 0.684. The van der Waals surface area contributed by atoms with E-state index in [2.05, 4.69) is 20.5 Å². The van der Waals surface area contributed by atoms with Gasteiger partial charge in [-0.05, 0) is 19.1 Å². The lowest BCUT2D eigenvalue weighted by Gasteiger charge is -1.99. The second-order valence-electron chi connectivity index (χ2n) is 3.65. The zero-order valence-electron chi connectivity index (χ0n) is 9.78. The second kappa shape index (κ2) is 5.09. The van der Waals surface area contributed by atoms with Crippen LogP contribution in [0.3, 0.4) is 0 Å². The highest BCUT2D eigenvalue weighted by Crippen LogP contribution is 2.14. The van der Waals surface area contributed by atoms with Gasteiger partial charge in [-0.1, -0.05) is 6.92 Å². The molecule has 0 aromatic carbocycles. The predicted molar refractivity (Wildman–Crippen MR) is 66.0 cm³/mol. The monoisotopic (exact) mass is 250 g/mol. The summed E-state index contributed by atoms with van der Waals surface area (Å²) in [6, 6.07) is 4.05. The summed E-state index contributed by atoms with van der Waals surface area (Å²) in [7, 11) is 0.